The molecule has 0 amide bonds. The van der Waals surface area contributed by atoms with Crippen molar-refractivity contribution < 1.29 is 0 Å². The number of aromatic nitrogens is 3. The van der Waals surface area contributed by atoms with Crippen LogP contribution in [0.15, 0.2) is 29.4 Å². The summed E-state index contributed by atoms with van der Waals surface area (Å²) in [4.78, 5) is 8.65. The third kappa shape index (κ3) is 3.26. The fourth-order valence-corrected chi connectivity index (χ4v) is 2.16. The highest BCUT2D eigenvalue weighted by molar-refractivity contribution is 5.79. The minimum atomic E-state index is 0.785. The molecule has 0 fully saturated rings. The summed E-state index contributed by atoms with van der Waals surface area (Å²) < 4.78 is 2.03. The largest absolute Gasteiger partial charge is 0.349 e. The maximum Gasteiger partial charge on any atom is 0.195 e. The Morgan fingerprint density at radius 1 is 1.15 bits per heavy atom. The number of pyridine rings is 1. The van der Waals surface area contributed by atoms with Crippen molar-refractivity contribution in [2.45, 2.75) is 12.8 Å². The lowest BCUT2D eigenvalue weighted by molar-refractivity contribution is 0.478. The van der Waals surface area contributed by atoms with Gasteiger partial charge in [-0.2, -0.15) is 0 Å². The van der Waals surface area contributed by atoms with E-state index >= 15 is 0 Å². The van der Waals surface area contributed by atoms with E-state index in [0.29, 0.717) is 0 Å². The SMILES string of the molecule is CN(C)C(=NCCCc1nnc2ccccn12)N(C)C. The Morgan fingerprint density at radius 3 is 2.60 bits per heavy atom. The number of nitrogens with zero attached hydrogens (tertiary/aromatic N) is 6. The number of aryl methyl sites for hydroxylation is 1. The molecule has 6 heteroatoms. The first-order chi connectivity index (χ1) is 9.59. The normalized spacial score (nSPS) is 10.6. The van der Waals surface area contributed by atoms with E-state index in [0.717, 1.165) is 36.8 Å². The molecule has 0 unspecified atom stereocenters. The Balaban J connectivity index is 1.95. The summed E-state index contributed by atoms with van der Waals surface area (Å²) in [5.41, 5.74) is 0.897. The predicted molar refractivity (Wildman–Crippen MR) is 81.0 cm³/mol. The van der Waals surface area contributed by atoms with Crippen molar-refractivity contribution in [3.8, 4) is 0 Å². The van der Waals surface area contributed by atoms with Crippen LogP contribution in [0, 0.1) is 0 Å². The fraction of sp³-hybridized carbons (Fsp3) is 0.500. The Labute approximate surface area is 119 Å². The molecule has 0 aliphatic rings. The summed E-state index contributed by atoms with van der Waals surface area (Å²) in [5.74, 6) is 1.98. The Bertz CT molecular complexity index is 574. The van der Waals surface area contributed by atoms with Crippen LogP contribution in [-0.4, -0.2) is 65.1 Å². The van der Waals surface area contributed by atoms with Gasteiger partial charge in [-0.25, -0.2) is 0 Å². The van der Waals surface area contributed by atoms with E-state index in [4.69, 9.17) is 0 Å². The van der Waals surface area contributed by atoms with Gasteiger partial charge in [-0.15, -0.1) is 10.2 Å². The van der Waals surface area contributed by atoms with Crippen LogP contribution in [-0.2, 0) is 6.42 Å². The van der Waals surface area contributed by atoms with Gasteiger partial charge in [0.05, 0.1) is 0 Å². The molecule has 6 nitrogen and oxygen atoms in total. The number of fused-ring (bicyclic) bond motifs is 1. The van der Waals surface area contributed by atoms with Gasteiger partial charge in [-0.05, 0) is 18.6 Å². The van der Waals surface area contributed by atoms with Crippen molar-refractivity contribution in [1.82, 2.24) is 24.4 Å². The van der Waals surface area contributed by atoms with Gasteiger partial charge in [0.25, 0.3) is 0 Å². The number of aliphatic imine (C=N–C) groups is 1. The number of rotatable bonds is 4. The highest BCUT2D eigenvalue weighted by Gasteiger charge is 2.05. The lowest BCUT2D eigenvalue weighted by Gasteiger charge is -2.22. The smallest absolute Gasteiger partial charge is 0.195 e. The second-order valence-corrected chi connectivity index (χ2v) is 5.12. The maximum absolute atomic E-state index is 4.61. The van der Waals surface area contributed by atoms with E-state index < -0.39 is 0 Å². The summed E-state index contributed by atoms with van der Waals surface area (Å²) in [7, 11) is 8.02. The van der Waals surface area contributed by atoms with Gasteiger partial charge < -0.3 is 9.80 Å². The summed E-state index contributed by atoms with van der Waals surface area (Å²) in [5, 5.41) is 8.38. The van der Waals surface area contributed by atoms with Crippen LogP contribution in [0.25, 0.3) is 5.65 Å². The number of guanidine groups is 1. The molecule has 0 aliphatic heterocycles. The molecule has 0 aromatic carbocycles. The van der Waals surface area contributed by atoms with Gasteiger partial charge in [-0.3, -0.25) is 9.39 Å². The highest BCUT2D eigenvalue weighted by atomic mass is 15.3. The maximum atomic E-state index is 4.61. The van der Waals surface area contributed by atoms with E-state index in [2.05, 4.69) is 15.2 Å². The van der Waals surface area contributed by atoms with Gasteiger partial charge >= 0.3 is 0 Å². The molecule has 2 rings (SSSR count). The number of hydrogen-bond donors (Lipinski definition) is 0. The average molecular weight is 274 g/mol. The Hall–Kier alpha value is -2.11. The minimum absolute atomic E-state index is 0.785. The van der Waals surface area contributed by atoms with Crippen LogP contribution >= 0.6 is 0 Å². The van der Waals surface area contributed by atoms with Crippen molar-refractivity contribution >= 4 is 11.6 Å². The van der Waals surface area contributed by atoms with Crippen molar-refractivity contribution in [3.63, 3.8) is 0 Å². The topological polar surface area (TPSA) is 49.0 Å². The molecular formula is C14H22N6. The Morgan fingerprint density at radius 2 is 1.90 bits per heavy atom. The molecule has 0 radical (unpaired) electrons. The molecule has 0 N–H and O–H groups in total. The van der Waals surface area contributed by atoms with Gasteiger partial charge in [0.1, 0.15) is 5.82 Å². The molecule has 2 aromatic heterocycles. The summed E-state index contributed by atoms with van der Waals surface area (Å²) >= 11 is 0. The highest BCUT2D eigenvalue weighted by Crippen LogP contribution is 2.05. The van der Waals surface area contributed by atoms with E-state index in [-0.39, 0.29) is 0 Å². The lowest BCUT2D eigenvalue weighted by Crippen LogP contribution is -2.35. The van der Waals surface area contributed by atoms with Crippen molar-refractivity contribution in [2.24, 2.45) is 4.99 Å². The first-order valence-corrected chi connectivity index (χ1v) is 6.77. The molecule has 2 aromatic rings. The van der Waals surface area contributed by atoms with Crippen molar-refractivity contribution in [2.75, 3.05) is 34.7 Å². The van der Waals surface area contributed by atoms with E-state index in [9.17, 15) is 0 Å². The molecule has 0 spiro atoms. The first-order valence-electron chi connectivity index (χ1n) is 6.77. The number of hydrogen-bond acceptors (Lipinski definition) is 3. The third-order valence-electron chi connectivity index (χ3n) is 3.00. The predicted octanol–water partition coefficient (Wildman–Crippen LogP) is 1.14. The fourth-order valence-electron chi connectivity index (χ4n) is 2.16. The molecule has 108 valence electrons. The van der Waals surface area contributed by atoms with E-state index in [1.165, 1.54) is 0 Å². The Kier molecular flexibility index (Phi) is 4.55. The van der Waals surface area contributed by atoms with Crippen LogP contribution in [0.4, 0.5) is 0 Å². The molecule has 0 bridgehead atoms. The molecular weight excluding hydrogens is 252 g/mol. The minimum Gasteiger partial charge on any atom is -0.349 e. The monoisotopic (exact) mass is 274 g/mol. The zero-order valence-electron chi connectivity index (χ0n) is 12.6. The first kappa shape index (κ1) is 14.3. The van der Waals surface area contributed by atoms with Crippen LogP contribution < -0.4 is 0 Å². The summed E-state index contributed by atoms with van der Waals surface area (Å²) in [6.07, 6.45) is 3.84. The van der Waals surface area contributed by atoms with Crippen LogP contribution in [0.1, 0.15) is 12.2 Å². The van der Waals surface area contributed by atoms with Crippen molar-refractivity contribution in [3.05, 3.63) is 30.2 Å². The van der Waals surface area contributed by atoms with Gasteiger partial charge in [-0.1, -0.05) is 6.07 Å². The van der Waals surface area contributed by atoms with Gasteiger partial charge in [0.15, 0.2) is 11.6 Å². The standard InChI is InChI=1S/C14H22N6/c1-18(2)14(19(3)4)15-10-7-9-13-17-16-12-8-5-6-11-20(12)13/h5-6,8,11H,7,9-10H2,1-4H3. The quantitative estimate of drug-likeness (QED) is 0.476. The van der Waals surface area contributed by atoms with Gasteiger partial charge in [0, 0.05) is 47.4 Å². The molecule has 0 saturated carbocycles. The van der Waals surface area contributed by atoms with Crippen LogP contribution in [0.3, 0.4) is 0 Å². The van der Waals surface area contributed by atoms with Gasteiger partial charge in [0.2, 0.25) is 0 Å². The molecule has 20 heavy (non-hydrogen) atoms. The third-order valence-corrected chi connectivity index (χ3v) is 3.00. The van der Waals surface area contributed by atoms with E-state index in [1.807, 2.05) is 66.8 Å². The van der Waals surface area contributed by atoms with Crippen LogP contribution in [0.2, 0.25) is 0 Å². The zero-order valence-corrected chi connectivity index (χ0v) is 12.6. The van der Waals surface area contributed by atoms with E-state index in [1.54, 1.807) is 0 Å². The molecule has 0 atom stereocenters. The molecule has 0 aliphatic carbocycles. The second-order valence-electron chi connectivity index (χ2n) is 5.12. The second kappa shape index (κ2) is 6.36. The van der Waals surface area contributed by atoms with Crippen LogP contribution in [0.5, 0.6) is 0 Å². The van der Waals surface area contributed by atoms with Crippen molar-refractivity contribution in [1.29, 1.82) is 0 Å². The summed E-state index contributed by atoms with van der Waals surface area (Å²) in [6.45, 7) is 0.785. The molecule has 0 saturated heterocycles. The average Bonchev–Trinajstić information content (AvgIpc) is 2.81. The molecule has 2 heterocycles. The summed E-state index contributed by atoms with van der Waals surface area (Å²) in [6, 6.07) is 5.93. The zero-order chi connectivity index (χ0) is 14.5. The lowest BCUT2D eigenvalue weighted by atomic mass is 10.3.